The van der Waals surface area contributed by atoms with Gasteiger partial charge in [-0.3, -0.25) is 19.6 Å². The molecule has 5 rings (SSSR count). The van der Waals surface area contributed by atoms with Gasteiger partial charge in [0.2, 0.25) is 5.91 Å². The number of aliphatic imine (C=N–C) groups is 1. The average Bonchev–Trinajstić information content (AvgIpc) is 2.99. The predicted octanol–water partition coefficient (Wildman–Crippen LogP) is 6.32. The van der Waals surface area contributed by atoms with Gasteiger partial charge in [0.1, 0.15) is 5.78 Å². The fraction of sp³-hybridized carbons (Fsp3) is 0.333. The van der Waals surface area contributed by atoms with Gasteiger partial charge in [-0.1, -0.05) is 63.2 Å². The van der Waals surface area contributed by atoms with E-state index in [1.165, 1.54) is 5.56 Å². The van der Waals surface area contributed by atoms with E-state index in [9.17, 15) is 9.59 Å². The van der Waals surface area contributed by atoms with E-state index in [1.54, 1.807) is 24.2 Å². The van der Waals surface area contributed by atoms with Crippen molar-refractivity contribution in [3.63, 3.8) is 0 Å². The van der Waals surface area contributed by atoms with Crippen LogP contribution in [-0.2, 0) is 15.0 Å². The highest BCUT2D eigenvalue weighted by Gasteiger charge is 2.45. The van der Waals surface area contributed by atoms with Crippen LogP contribution in [0.25, 0.3) is 0 Å². The van der Waals surface area contributed by atoms with Crippen molar-refractivity contribution >= 4 is 28.8 Å². The molecule has 1 aromatic heterocycles. The maximum absolute atomic E-state index is 13.9. The number of hydrogen-bond acceptors (Lipinski definition) is 4. The van der Waals surface area contributed by atoms with Crippen LogP contribution in [0.5, 0.6) is 0 Å². The second kappa shape index (κ2) is 8.88. The molecule has 5 nitrogen and oxygen atoms in total. The summed E-state index contributed by atoms with van der Waals surface area (Å²) in [4.78, 5) is 38.0. The largest absolute Gasteiger partial charge is 0.302 e. The minimum absolute atomic E-state index is 0.0668. The van der Waals surface area contributed by atoms with Gasteiger partial charge in [-0.15, -0.1) is 0 Å². The third-order valence-electron chi connectivity index (χ3n) is 7.22. The molecule has 0 radical (unpaired) electrons. The average molecular weight is 466 g/mol. The standard InChI is InChI=1S/C30H31N3O2/c1-19(34)33-26-10-6-5-9-24(26)32-25-16-22(20-11-13-23(14-12-20)30(2,3)4)17-27(35)28(25)29(33)21-8-7-15-31-18-21/h5-15,18,22,28-29H,16-17H2,1-4H3. The number of benzene rings is 2. The number of rotatable bonds is 2. The Morgan fingerprint density at radius 2 is 1.69 bits per heavy atom. The van der Waals surface area contributed by atoms with Gasteiger partial charge in [0.25, 0.3) is 0 Å². The minimum atomic E-state index is -0.499. The monoisotopic (exact) mass is 465 g/mol. The van der Waals surface area contributed by atoms with Crippen LogP contribution >= 0.6 is 0 Å². The Labute approximate surface area is 206 Å². The maximum Gasteiger partial charge on any atom is 0.224 e. The second-order valence-electron chi connectivity index (χ2n) is 10.6. The molecule has 0 bridgehead atoms. The number of pyridine rings is 1. The highest BCUT2D eigenvalue weighted by molar-refractivity contribution is 6.13. The number of fused-ring (bicyclic) bond motifs is 2. The van der Waals surface area contributed by atoms with Crippen LogP contribution in [-0.4, -0.2) is 22.4 Å². The van der Waals surface area contributed by atoms with Crippen LogP contribution in [0.1, 0.15) is 69.2 Å². The van der Waals surface area contributed by atoms with Gasteiger partial charge in [0, 0.05) is 31.4 Å². The zero-order valence-electron chi connectivity index (χ0n) is 20.7. The van der Waals surface area contributed by atoms with Crippen molar-refractivity contribution in [3.8, 4) is 0 Å². The first-order valence-electron chi connectivity index (χ1n) is 12.2. The number of Topliss-reactive ketones (excluding diaryl/α,β-unsaturated/α-hetero) is 1. The van der Waals surface area contributed by atoms with Crippen LogP contribution in [0.2, 0.25) is 0 Å². The number of hydrogen-bond donors (Lipinski definition) is 0. The zero-order chi connectivity index (χ0) is 24.7. The molecule has 3 unspecified atom stereocenters. The van der Waals surface area contributed by atoms with Gasteiger partial charge in [0.05, 0.1) is 23.3 Å². The fourth-order valence-electron chi connectivity index (χ4n) is 5.45. The van der Waals surface area contributed by atoms with Crippen molar-refractivity contribution in [2.24, 2.45) is 10.9 Å². The lowest BCUT2D eigenvalue weighted by Gasteiger charge is -2.38. The molecule has 0 saturated heterocycles. The van der Waals surface area contributed by atoms with Crippen molar-refractivity contribution < 1.29 is 9.59 Å². The van der Waals surface area contributed by atoms with Crippen LogP contribution in [0, 0.1) is 5.92 Å². The Balaban J connectivity index is 1.60. The molecule has 178 valence electrons. The topological polar surface area (TPSA) is 62.6 Å². The van der Waals surface area contributed by atoms with Crippen LogP contribution < -0.4 is 4.90 Å². The lowest BCUT2D eigenvalue weighted by atomic mass is 9.72. The van der Waals surface area contributed by atoms with Crippen LogP contribution in [0.4, 0.5) is 11.4 Å². The first-order chi connectivity index (χ1) is 16.7. The summed E-state index contributed by atoms with van der Waals surface area (Å²) >= 11 is 0. The van der Waals surface area contributed by atoms with Gasteiger partial charge in [-0.2, -0.15) is 0 Å². The molecule has 2 aromatic carbocycles. The number of carbonyl (C=O) groups excluding carboxylic acids is 2. The molecule has 1 fully saturated rings. The van der Waals surface area contributed by atoms with E-state index in [1.807, 2.05) is 36.4 Å². The van der Waals surface area contributed by atoms with E-state index in [-0.39, 0.29) is 23.0 Å². The molecule has 1 saturated carbocycles. The molecule has 3 aromatic rings. The summed E-state index contributed by atoms with van der Waals surface area (Å²) in [6.45, 7) is 8.16. The maximum atomic E-state index is 13.9. The molecule has 5 heteroatoms. The number of carbonyl (C=O) groups is 2. The van der Waals surface area contributed by atoms with E-state index in [0.717, 1.165) is 28.2 Å². The predicted molar refractivity (Wildman–Crippen MR) is 139 cm³/mol. The molecular weight excluding hydrogens is 434 g/mol. The fourth-order valence-corrected chi connectivity index (χ4v) is 5.45. The molecule has 2 aliphatic rings. The molecule has 0 spiro atoms. The number of ketones is 1. The molecule has 35 heavy (non-hydrogen) atoms. The normalized spacial score (nSPS) is 22.1. The third-order valence-corrected chi connectivity index (χ3v) is 7.22. The molecule has 1 aliphatic heterocycles. The quantitative estimate of drug-likeness (QED) is 0.445. The number of nitrogens with zero attached hydrogens (tertiary/aromatic N) is 3. The van der Waals surface area contributed by atoms with E-state index < -0.39 is 12.0 Å². The van der Waals surface area contributed by atoms with Crippen molar-refractivity contribution in [3.05, 3.63) is 89.7 Å². The molecule has 1 amide bonds. The molecule has 1 aliphatic carbocycles. The highest BCUT2D eigenvalue weighted by atomic mass is 16.2. The summed E-state index contributed by atoms with van der Waals surface area (Å²) in [6.07, 6.45) is 4.58. The molecule has 2 heterocycles. The minimum Gasteiger partial charge on any atom is -0.302 e. The van der Waals surface area contributed by atoms with Crippen LogP contribution in [0.15, 0.2) is 78.0 Å². The van der Waals surface area contributed by atoms with Crippen molar-refractivity contribution in [1.29, 1.82) is 0 Å². The Bertz CT molecular complexity index is 1290. The first kappa shape index (κ1) is 23.2. The summed E-state index contributed by atoms with van der Waals surface area (Å²) in [5, 5.41) is 0. The van der Waals surface area contributed by atoms with Crippen LogP contribution in [0.3, 0.4) is 0 Å². The van der Waals surface area contributed by atoms with Gasteiger partial charge in [0.15, 0.2) is 0 Å². The first-order valence-corrected chi connectivity index (χ1v) is 12.2. The Morgan fingerprint density at radius 3 is 2.34 bits per heavy atom. The second-order valence-corrected chi connectivity index (χ2v) is 10.6. The van der Waals surface area contributed by atoms with Crippen molar-refractivity contribution in [2.45, 2.75) is 57.9 Å². The summed E-state index contributed by atoms with van der Waals surface area (Å²) in [7, 11) is 0. The Kier molecular flexibility index (Phi) is 5.87. The van der Waals surface area contributed by atoms with Crippen molar-refractivity contribution in [1.82, 2.24) is 4.98 Å². The molecule has 3 atom stereocenters. The number of anilines is 1. The van der Waals surface area contributed by atoms with Crippen molar-refractivity contribution in [2.75, 3.05) is 4.90 Å². The van der Waals surface area contributed by atoms with E-state index in [2.05, 4.69) is 50.0 Å². The summed E-state index contributed by atoms with van der Waals surface area (Å²) in [6, 6.07) is 19.7. The number of para-hydroxylation sites is 2. The van der Waals surface area contributed by atoms with Gasteiger partial charge < -0.3 is 4.90 Å². The van der Waals surface area contributed by atoms with Gasteiger partial charge in [-0.05, 0) is 52.6 Å². The van der Waals surface area contributed by atoms with Gasteiger partial charge in [-0.25, -0.2) is 0 Å². The third kappa shape index (κ3) is 4.31. The number of aromatic nitrogens is 1. The number of amides is 1. The van der Waals surface area contributed by atoms with E-state index >= 15 is 0 Å². The smallest absolute Gasteiger partial charge is 0.224 e. The summed E-state index contributed by atoms with van der Waals surface area (Å²) in [5.74, 6) is -0.430. The zero-order valence-corrected chi connectivity index (χ0v) is 20.7. The summed E-state index contributed by atoms with van der Waals surface area (Å²) in [5.41, 5.74) is 5.66. The SMILES string of the molecule is CC(=O)N1c2ccccc2N=C2CC(c3ccc(C(C)(C)C)cc3)CC(=O)C2C1c1cccnc1. The Morgan fingerprint density at radius 1 is 0.943 bits per heavy atom. The van der Waals surface area contributed by atoms with E-state index in [0.29, 0.717) is 12.8 Å². The van der Waals surface area contributed by atoms with Gasteiger partial charge >= 0.3 is 0 Å². The molecular formula is C30H31N3O2. The lowest BCUT2D eigenvalue weighted by Crippen LogP contribution is -2.45. The molecule has 0 N–H and O–H groups in total. The Hall–Kier alpha value is -3.60. The van der Waals surface area contributed by atoms with E-state index in [4.69, 9.17) is 4.99 Å². The summed E-state index contributed by atoms with van der Waals surface area (Å²) < 4.78 is 0. The highest BCUT2D eigenvalue weighted by Crippen LogP contribution is 2.47. The lowest BCUT2D eigenvalue weighted by molar-refractivity contribution is -0.123.